The number of benzene rings is 4. The first-order valence-electron chi connectivity index (χ1n) is 11.7. The van der Waals surface area contributed by atoms with E-state index in [4.69, 9.17) is 0 Å². The molecule has 0 aromatic heterocycles. The minimum Gasteiger partial charge on any atom is -0.381 e. The van der Waals surface area contributed by atoms with Crippen LogP contribution in [0, 0.1) is 12.8 Å². The lowest BCUT2D eigenvalue weighted by Gasteiger charge is -2.31. The zero-order valence-corrected chi connectivity index (χ0v) is 21.1. The number of aliphatic hydroxyl groups is 1. The lowest BCUT2D eigenvalue weighted by Crippen LogP contribution is -2.32. The second kappa shape index (κ2) is 10.1. The van der Waals surface area contributed by atoms with Crippen molar-refractivity contribution < 1.29 is 13.5 Å². The number of sulfonamides is 1. The number of hydrogen-bond donors (Lipinski definition) is 1. The number of aryl methyl sites for hydroxylation is 1. The summed E-state index contributed by atoms with van der Waals surface area (Å²) in [6, 6.07) is 30.1. The van der Waals surface area contributed by atoms with Crippen LogP contribution in [0.25, 0.3) is 10.8 Å². The fraction of sp³-hybridized carbons (Fsp3) is 0.200. The Kier molecular flexibility index (Phi) is 7.10. The van der Waals surface area contributed by atoms with Crippen LogP contribution in [0.4, 0.5) is 0 Å². The van der Waals surface area contributed by atoms with E-state index in [-0.39, 0.29) is 17.4 Å². The van der Waals surface area contributed by atoms with Gasteiger partial charge in [-0.1, -0.05) is 98.3 Å². The lowest BCUT2D eigenvalue weighted by atomic mass is 9.82. The van der Waals surface area contributed by atoms with Crippen molar-refractivity contribution in [2.75, 3.05) is 0 Å². The standard InChI is InChI=1S/C30H31NO3S/c1-23(2)30(32,28-16-15-26-11-7-8-12-27(26)21-28)19-20-31(22-25-9-5-4-6-10-25)35(33,34)29-17-13-24(3)14-18-29/h4-21,23,32H,22H2,1-3H3/b20-19+/t30-/m0/s1. The summed E-state index contributed by atoms with van der Waals surface area (Å²) in [6.07, 6.45) is 3.12. The Morgan fingerprint density at radius 1 is 0.857 bits per heavy atom. The molecule has 0 fully saturated rings. The summed E-state index contributed by atoms with van der Waals surface area (Å²) in [5.74, 6) is -0.194. The molecule has 0 spiro atoms. The van der Waals surface area contributed by atoms with Gasteiger partial charge in [-0.2, -0.15) is 0 Å². The zero-order valence-electron chi connectivity index (χ0n) is 20.3. The molecule has 0 saturated carbocycles. The maximum Gasteiger partial charge on any atom is 0.264 e. The highest BCUT2D eigenvalue weighted by atomic mass is 32.2. The highest BCUT2D eigenvalue weighted by molar-refractivity contribution is 7.89. The monoisotopic (exact) mass is 485 g/mol. The predicted molar refractivity (Wildman–Crippen MR) is 142 cm³/mol. The minimum atomic E-state index is -3.85. The van der Waals surface area contributed by atoms with E-state index in [9.17, 15) is 13.5 Å². The molecular weight excluding hydrogens is 454 g/mol. The Morgan fingerprint density at radius 2 is 1.49 bits per heavy atom. The van der Waals surface area contributed by atoms with E-state index >= 15 is 0 Å². The summed E-state index contributed by atoms with van der Waals surface area (Å²) in [4.78, 5) is 0.211. The van der Waals surface area contributed by atoms with E-state index in [1.54, 1.807) is 30.3 Å². The van der Waals surface area contributed by atoms with Gasteiger partial charge in [0.05, 0.1) is 11.4 Å². The van der Waals surface area contributed by atoms with E-state index in [2.05, 4.69) is 0 Å². The van der Waals surface area contributed by atoms with Gasteiger partial charge >= 0.3 is 0 Å². The van der Waals surface area contributed by atoms with Crippen molar-refractivity contribution in [3.63, 3.8) is 0 Å². The summed E-state index contributed by atoms with van der Waals surface area (Å²) >= 11 is 0. The summed E-state index contributed by atoms with van der Waals surface area (Å²) in [5.41, 5.74) is 1.20. The molecule has 4 aromatic rings. The molecule has 0 aliphatic carbocycles. The van der Waals surface area contributed by atoms with Crippen molar-refractivity contribution in [2.24, 2.45) is 5.92 Å². The average Bonchev–Trinajstić information content (AvgIpc) is 2.86. The van der Waals surface area contributed by atoms with Gasteiger partial charge in [0.25, 0.3) is 10.0 Å². The van der Waals surface area contributed by atoms with Crippen LogP contribution in [0.15, 0.2) is 114 Å². The van der Waals surface area contributed by atoms with Crippen LogP contribution in [0.2, 0.25) is 0 Å². The Hall–Kier alpha value is -3.41. The van der Waals surface area contributed by atoms with Gasteiger partial charge in [0, 0.05) is 6.20 Å². The van der Waals surface area contributed by atoms with Gasteiger partial charge in [0.15, 0.2) is 0 Å². The molecule has 35 heavy (non-hydrogen) atoms. The first-order valence-corrected chi connectivity index (χ1v) is 13.2. The van der Waals surface area contributed by atoms with Gasteiger partial charge in [-0.15, -0.1) is 0 Å². The number of hydrogen-bond acceptors (Lipinski definition) is 3. The van der Waals surface area contributed by atoms with Crippen molar-refractivity contribution in [1.82, 2.24) is 4.31 Å². The zero-order chi connectivity index (χ0) is 25.1. The molecule has 0 unspecified atom stereocenters. The average molecular weight is 486 g/mol. The second-order valence-electron chi connectivity index (χ2n) is 9.21. The largest absolute Gasteiger partial charge is 0.381 e. The molecule has 0 aliphatic heterocycles. The SMILES string of the molecule is Cc1ccc(S(=O)(=O)N(/C=C/[C@@](O)(c2ccc3ccccc3c2)C(C)C)Cc2ccccc2)cc1. The molecule has 0 aliphatic rings. The Bertz CT molecular complexity index is 1430. The van der Waals surface area contributed by atoms with Crippen molar-refractivity contribution >= 4 is 20.8 Å². The summed E-state index contributed by atoms with van der Waals surface area (Å²) < 4.78 is 28.6. The molecule has 0 radical (unpaired) electrons. The van der Waals surface area contributed by atoms with Gasteiger partial charge in [0.1, 0.15) is 5.60 Å². The van der Waals surface area contributed by atoms with E-state index in [1.807, 2.05) is 93.6 Å². The highest BCUT2D eigenvalue weighted by Gasteiger charge is 2.32. The molecule has 0 amide bonds. The normalized spacial score (nSPS) is 13.9. The Balaban J connectivity index is 1.77. The fourth-order valence-electron chi connectivity index (χ4n) is 4.08. The third-order valence-electron chi connectivity index (χ3n) is 6.40. The molecule has 4 nitrogen and oxygen atoms in total. The third kappa shape index (κ3) is 5.31. The third-order valence-corrected chi connectivity index (χ3v) is 8.13. The molecule has 4 aromatic carbocycles. The van der Waals surface area contributed by atoms with Crippen molar-refractivity contribution in [3.05, 3.63) is 126 Å². The molecule has 1 N–H and O–H groups in total. The van der Waals surface area contributed by atoms with E-state index in [0.717, 1.165) is 27.5 Å². The minimum absolute atomic E-state index is 0.152. The van der Waals surface area contributed by atoms with Gasteiger partial charge in [0.2, 0.25) is 0 Å². The Labute approximate surface area is 208 Å². The van der Waals surface area contributed by atoms with E-state index in [0.29, 0.717) is 0 Å². The summed E-state index contributed by atoms with van der Waals surface area (Å²) in [7, 11) is -3.85. The van der Waals surface area contributed by atoms with Crippen LogP contribution in [0.1, 0.15) is 30.5 Å². The van der Waals surface area contributed by atoms with Crippen LogP contribution >= 0.6 is 0 Å². The van der Waals surface area contributed by atoms with Gasteiger partial charge in [-0.05, 0) is 59.0 Å². The lowest BCUT2D eigenvalue weighted by molar-refractivity contribution is 0.0392. The molecule has 4 rings (SSSR count). The summed E-state index contributed by atoms with van der Waals surface area (Å²) in [5, 5.41) is 13.9. The van der Waals surface area contributed by atoms with E-state index in [1.165, 1.54) is 10.5 Å². The first kappa shape index (κ1) is 24.7. The number of fused-ring (bicyclic) bond motifs is 1. The summed E-state index contributed by atoms with van der Waals surface area (Å²) in [6.45, 7) is 5.93. The van der Waals surface area contributed by atoms with Crippen LogP contribution < -0.4 is 0 Å². The number of nitrogens with zero attached hydrogens (tertiary/aromatic N) is 1. The molecule has 180 valence electrons. The van der Waals surface area contributed by atoms with Crippen LogP contribution in [0.5, 0.6) is 0 Å². The number of rotatable bonds is 8. The smallest absolute Gasteiger partial charge is 0.264 e. The van der Waals surface area contributed by atoms with Crippen LogP contribution in [-0.2, 0) is 22.2 Å². The van der Waals surface area contributed by atoms with Crippen molar-refractivity contribution in [1.29, 1.82) is 0 Å². The molecule has 1 atom stereocenters. The van der Waals surface area contributed by atoms with Crippen LogP contribution in [-0.4, -0.2) is 17.8 Å². The molecule has 0 heterocycles. The Morgan fingerprint density at radius 3 is 2.14 bits per heavy atom. The molecular formula is C30H31NO3S. The van der Waals surface area contributed by atoms with Crippen LogP contribution in [0.3, 0.4) is 0 Å². The quantitative estimate of drug-likeness (QED) is 0.314. The predicted octanol–water partition coefficient (Wildman–Crippen LogP) is 6.40. The molecule has 0 saturated heterocycles. The maximum absolute atomic E-state index is 13.6. The molecule has 0 bridgehead atoms. The van der Waals surface area contributed by atoms with Gasteiger partial charge in [-0.3, -0.25) is 4.31 Å². The second-order valence-corrected chi connectivity index (χ2v) is 11.1. The topological polar surface area (TPSA) is 57.6 Å². The van der Waals surface area contributed by atoms with Gasteiger partial charge in [-0.25, -0.2) is 8.42 Å². The highest BCUT2D eigenvalue weighted by Crippen LogP contribution is 2.34. The van der Waals surface area contributed by atoms with Gasteiger partial charge < -0.3 is 5.11 Å². The fourth-order valence-corrected chi connectivity index (χ4v) is 5.37. The van der Waals surface area contributed by atoms with Crippen molar-refractivity contribution in [2.45, 2.75) is 37.8 Å². The van der Waals surface area contributed by atoms with Crippen molar-refractivity contribution in [3.8, 4) is 0 Å². The van der Waals surface area contributed by atoms with E-state index < -0.39 is 15.6 Å². The molecule has 5 heteroatoms. The first-order chi connectivity index (χ1) is 16.7. The maximum atomic E-state index is 13.6.